The van der Waals surface area contributed by atoms with Crippen molar-refractivity contribution >= 4 is 24.3 Å². The molecule has 0 saturated carbocycles. The van der Waals surface area contributed by atoms with Crippen molar-refractivity contribution in [3.8, 4) is 0 Å². The SMILES string of the molecule is CC1(C)OB(c2ccc(N3C=Cc4[nH]ccc4C3)c(F)c2)OC1(C)C. The quantitative estimate of drug-likeness (QED) is 0.851. The fraction of sp³-hybridized carbons (Fsp3) is 0.368. The highest BCUT2D eigenvalue weighted by atomic mass is 19.1. The third kappa shape index (κ3) is 2.70. The molecule has 4 rings (SSSR count). The first-order valence-corrected chi connectivity index (χ1v) is 8.53. The maximum atomic E-state index is 14.8. The largest absolute Gasteiger partial charge is 0.494 e. The first kappa shape index (κ1) is 16.4. The van der Waals surface area contributed by atoms with Gasteiger partial charge in [-0.2, -0.15) is 0 Å². The number of aromatic nitrogens is 1. The number of anilines is 1. The standard InChI is InChI=1S/C19H22BFN2O2/c1-18(2)19(3,4)25-20(24-18)14-5-6-17(15(21)11-14)23-10-8-16-13(12-23)7-9-22-16/h5-11,22H,12H2,1-4H3. The van der Waals surface area contributed by atoms with Crippen LogP contribution in [0.1, 0.15) is 39.0 Å². The lowest BCUT2D eigenvalue weighted by Gasteiger charge is -2.32. The van der Waals surface area contributed by atoms with E-state index in [2.05, 4.69) is 4.98 Å². The zero-order valence-electron chi connectivity index (χ0n) is 15.0. The van der Waals surface area contributed by atoms with Gasteiger partial charge in [-0.05, 0) is 63.0 Å². The van der Waals surface area contributed by atoms with E-state index in [0.717, 1.165) is 11.3 Å². The van der Waals surface area contributed by atoms with Crippen LogP contribution in [0.4, 0.5) is 10.1 Å². The summed E-state index contributed by atoms with van der Waals surface area (Å²) in [6.45, 7) is 8.60. The molecule has 1 fully saturated rings. The van der Waals surface area contributed by atoms with Gasteiger partial charge < -0.3 is 19.2 Å². The van der Waals surface area contributed by atoms with Crippen LogP contribution in [0.2, 0.25) is 0 Å². The van der Waals surface area contributed by atoms with Crippen molar-refractivity contribution in [3.63, 3.8) is 0 Å². The van der Waals surface area contributed by atoms with E-state index in [1.807, 2.05) is 63.2 Å². The number of nitrogens with zero attached hydrogens (tertiary/aromatic N) is 1. The lowest BCUT2D eigenvalue weighted by molar-refractivity contribution is 0.00578. The Labute approximate surface area is 147 Å². The highest BCUT2D eigenvalue weighted by molar-refractivity contribution is 6.62. The van der Waals surface area contributed by atoms with Gasteiger partial charge in [-0.25, -0.2) is 4.39 Å². The molecule has 1 aromatic heterocycles. The molecular weight excluding hydrogens is 318 g/mol. The topological polar surface area (TPSA) is 37.5 Å². The minimum absolute atomic E-state index is 0.282. The van der Waals surface area contributed by atoms with E-state index in [9.17, 15) is 4.39 Å². The van der Waals surface area contributed by atoms with Crippen molar-refractivity contribution in [1.82, 2.24) is 4.98 Å². The van der Waals surface area contributed by atoms with Gasteiger partial charge >= 0.3 is 7.12 Å². The van der Waals surface area contributed by atoms with E-state index in [1.165, 1.54) is 6.07 Å². The first-order chi connectivity index (χ1) is 11.8. The molecule has 130 valence electrons. The smallest absolute Gasteiger partial charge is 0.399 e. The number of H-pyrrole nitrogens is 1. The summed E-state index contributed by atoms with van der Waals surface area (Å²) in [4.78, 5) is 5.07. The monoisotopic (exact) mass is 340 g/mol. The van der Waals surface area contributed by atoms with Gasteiger partial charge in [-0.1, -0.05) is 6.07 Å². The number of hydrogen-bond donors (Lipinski definition) is 1. The minimum atomic E-state index is -0.554. The molecule has 1 aromatic carbocycles. The van der Waals surface area contributed by atoms with Crippen LogP contribution < -0.4 is 10.4 Å². The Kier molecular flexibility index (Phi) is 3.60. The van der Waals surface area contributed by atoms with E-state index >= 15 is 0 Å². The molecule has 0 bridgehead atoms. The zero-order chi connectivity index (χ0) is 17.8. The number of hydrogen-bond acceptors (Lipinski definition) is 3. The van der Waals surface area contributed by atoms with Crippen molar-refractivity contribution in [2.75, 3.05) is 4.90 Å². The molecule has 0 aliphatic carbocycles. The maximum Gasteiger partial charge on any atom is 0.494 e. The van der Waals surface area contributed by atoms with Crippen LogP contribution in [0.25, 0.3) is 6.08 Å². The van der Waals surface area contributed by atoms with Gasteiger partial charge in [0.15, 0.2) is 0 Å². The molecule has 2 aromatic rings. The Balaban J connectivity index is 1.58. The van der Waals surface area contributed by atoms with Gasteiger partial charge in [-0.15, -0.1) is 0 Å². The summed E-state index contributed by atoms with van der Waals surface area (Å²) in [5.41, 5.74) is 2.59. The van der Waals surface area contributed by atoms with Crippen molar-refractivity contribution in [3.05, 3.63) is 53.7 Å². The molecule has 0 atom stereocenters. The highest BCUT2D eigenvalue weighted by Crippen LogP contribution is 2.36. The van der Waals surface area contributed by atoms with Crippen LogP contribution >= 0.6 is 0 Å². The van der Waals surface area contributed by atoms with Gasteiger partial charge in [0.25, 0.3) is 0 Å². The average molecular weight is 340 g/mol. The van der Waals surface area contributed by atoms with E-state index in [4.69, 9.17) is 9.31 Å². The molecule has 25 heavy (non-hydrogen) atoms. The Bertz CT molecular complexity index is 828. The molecule has 0 spiro atoms. The predicted octanol–water partition coefficient (Wildman–Crippen LogP) is 3.44. The second-order valence-corrected chi connectivity index (χ2v) is 7.66. The highest BCUT2D eigenvalue weighted by Gasteiger charge is 2.51. The predicted molar refractivity (Wildman–Crippen MR) is 98.1 cm³/mol. The summed E-state index contributed by atoms with van der Waals surface area (Å²) in [5.74, 6) is -0.282. The molecular formula is C19H22BFN2O2. The molecule has 2 aliphatic heterocycles. The second kappa shape index (κ2) is 5.48. The molecule has 2 aliphatic rings. The lowest BCUT2D eigenvalue weighted by Crippen LogP contribution is -2.41. The molecule has 0 amide bonds. The Morgan fingerprint density at radius 2 is 1.84 bits per heavy atom. The number of rotatable bonds is 2. The van der Waals surface area contributed by atoms with Crippen molar-refractivity contribution in [1.29, 1.82) is 0 Å². The summed E-state index contributed by atoms with van der Waals surface area (Å²) in [5, 5.41) is 0. The molecule has 0 radical (unpaired) electrons. The van der Waals surface area contributed by atoms with Gasteiger partial charge in [-0.3, -0.25) is 0 Å². The Morgan fingerprint density at radius 1 is 1.12 bits per heavy atom. The fourth-order valence-corrected chi connectivity index (χ4v) is 3.16. The van der Waals surface area contributed by atoms with Gasteiger partial charge in [0.2, 0.25) is 0 Å². The van der Waals surface area contributed by atoms with Crippen LogP contribution in [0.3, 0.4) is 0 Å². The maximum absolute atomic E-state index is 14.8. The molecule has 0 unspecified atom stereocenters. The number of nitrogens with one attached hydrogen (secondary N) is 1. The molecule has 3 heterocycles. The summed E-state index contributed by atoms with van der Waals surface area (Å²) in [6.07, 6.45) is 5.75. The lowest BCUT2D eigenvalue weighted by atomic mass is 9.79. The number of aromatic amines is 1. The van der Waals surface area contributed by atoms with E-state index < -0.39 is 18.3 Å². The van der Waals surface area contributed by atoms with Crippen molar-refractivity contribution < 1.29 is 13.7 Å². The van der Waals surface area contributed by atoms with Gasteiger partial charge in [0, 0.05) is 24.6 Å². The molecule has 6 heteroatoms. The summed E-state index contributed by atoms with van der Waals surface area (Å²) < 4.78 is 26.8. The summed E-state index contributed by atoms with van der Waals surface area (Å²) >= 11 is 0. The molecule has 1 N–H and O–H groups in total. The normalized spacial score (nSPS) is 20.8. The van der Waals surface area contributed by atoms with Gasteiger partial charge in [0.1, 0.15) is 5.82 Å². The van der Waals surface area contributed by atoms with Gasteiger partial charge in [0.05, 0.1) is 16.9 Å². The van der Waals surface area contributed by atoms with Crippen LogP contribution in [0.5, 0.6) is 0 Å². The van der Waals surface area contributed by atoms with Crippen molar-refractivity contribution in [2.24, 2.45) is 0 Å². The van der Waals surface area contributed by atoms with E-state index in [-0.39, 0.29) is 5.82 Å². The van der Waals surface area contributed by atoms with Crippen molar-refractivity contribution in [2.45, 2.75) is 45.4 Å². The van der Waals surface area contributed by atoms with Crippen LogP contribution in [0, 0.1) is 5.82 Å². The average Bonchev–Trinajstić information content (AvgIpc) is 3.08. The molecule has 4 nitrogen and oxygen atoms in total. The van der Waals surface area contributed by atoms with Crippen LogP contribution in [-0.4, -0.2) is 23.3 Å². The third-order valence-electron chi connectivity index (χ3n) is 5.44. The van der Waals surface area contributed by atoms with E-state index in [1.54, 1.807) is 6.07 Å². The molecule has 1 saturated heterocycles. The Morgan fingerprint density at radius 3 is 2.52 bits per heavy atom. The number of benzene rings is 1. The minimum Gasteiger partial charge on any atom is -0.399 e. The number of fused-ring (bicyclic) bond motifs is 1. The summed E-state index contributed by atoms with van der Waals surface area (Å²) in [6, 6.07) is 7.19. The fourth-order valence-electron chi connectivity index (χ4n) is 3.16. The van der Waals surface area contributed by atoms with E-state index in [0.29, 0.717) is 17.7 Å². The van der Waals surface area contributed by atoms with Crippen LogP contribution in [-0.2, 0) is 15.9 Å². The van der Waals surface area contributed by atoms with Crippen LogP contribution in [0.15, 0.2) is 36.7 Å². The Hall–Kier alpha value is -2.05. The zero-order valence-corrected chi connectivity index (χ0v) is 15.0. The number of halogens is 1. The summed E-state index contributed by atoms with van der Waals surface area (Å²) in [7, 11) is -0.554. The second-order valence-electron chi connectivity index (χ2n) is 7.66. The first-order valence-electron chi connectivity index (χ1n) is 8.53. The third-order valence-corrected chi connectivity index (χ3v) is 5.44.